The zero-order valence-corrected chi connectivity index (χ0v) is 13.5. The van der Waals surface area contributed by atoms with Gasteiger partial charge in [0.2, 0.25) is 0 Å². The number of fused-ring (bicyclic) bond motifs is 1. The third kappa shape index (κ3) is 3.87. The maximum Gasteiger partial charge on any atom is 0.00504 e. The molecule has 0 saturated carbocycles. The van der Waals surface area contributed by atoms with Crippen molar-refractivity contribution in [2.75, 3.05) is 33.2 Å². The lowest BCUT2D eigenvalue weighted by Crippen LogP contribution is -2.37. The number of nitrogens with zero attached hydrogens (tertiary/aromatic N) is 1. The van der Waals surface area contributed by atoms with E-state index in [-0.39, 0.29) is 0 Å². The zero-order chi connectivity index (χ0) is 14.5. The van der Waals surface area contributed by atoms with Crippen LogP contribution in [0, 0.1) is 5.92 Å². The van der Waals surface area contributed by atoms with Crippen molar-refractivity contribution >= 4 is 0 Å². The fraction of sp³-hybridized carbons (Fsp3) is 0.684. The number of hydrogen-bond donors (Lipinski definition) is 1. The first-order chi connectivity index (χ1) is 10.4. The lowest BCUT2D eigenvalue weighted by atomic mass is 9.82. The van der Waals surface area contributed by atoms with Gasteiger partial charge in [0.25, 0.3) is 0 Å². The summed E-state index contributed by atoms with van der Waals surface area (Å²) in [5, 5.41) is 3.29. The molecule has 1 heterocycles. The van der Waals surface area contributed by atoms with Gasteiger partial charge in [-0.05, 0) is 88.2 Å². The largest absolute Gasteiger partial charge is 0.320 e. The molecule has 2 aliphatic rings. The topological polar surface area (TPSA) is 15.3 Å². The molecule has 1 fully saturated rings. The van der Waals surface area contributed by atoms with Crippen LogP contribution in [0.1, 0.15) is 49.1 Å². The number of hydrogen-bond acceptors (Lipinski definition) is 2. The molecule has 0 aromatic heterocycles. The van der Waals surface area contributed by atoms with Gasteiger partial charge in [0.15, 0.2) is 0 Å². The van der Waals surface area contributed by atoms with Crippen molar-refractivity contribution in [2.24, 2.45) is 5.92 Å². The standard InChI is InChI=1S/C19H30N2/c1-20-12-9-16-10-13-21(14-11-16)15-18-7-4-6-17-5-2-3-8-19(17)18/h2-3,5,8,16,18,20H,4,6-7,9-15H2,1H3. The third-order valence-corrected chi connectivity index (χ3v) is 5.48. The van der Waals surface area contributed by atoms with E-state index < -0.39 is 0 Å². The van der Waals surface area contributed by atoms with Crippen LogP contribution >= 0.6 is 0 Å². The SMILES string of the molecule is CNCCC1CCN(CC2CCCc3ccccc32)CC1. The molecule has 1 unspecified atom stereocenters. The van der Waals surface area contributed by atoms with Gasteiger partial charge in [0.1, 0.15) is 0 Å². The molecule has 1 aromatic carbocycles. The summed E-state index contributed by atoms with van der Waals surface area (Å²) in [5.41, 5.74) is 3.25. The molecule has 2 nitrogen and oxygen atoms in total. The highest BCUT2D eigenvalue weighted by atomic mass is 15.1. The van der Waals surface area contributed by atoms with Gasteiger partial charge in [-0.15, -0.1) is 0 Å². The Bertz CT molecular complexity index is 435. The van der Waals surface area contributed by atoms with Crippen molar-refractivity contribution in [3.05, 3.63) is 35.4 Å². The Hall–Kier alpha value is -0.860. The van der Waals surface area contributed by atoms with E-state index in [1.165, 1.54) is 64.7 Å². The molecular formula is C19H30N2. The van der Waals surface area contributed by atoms with Crippen LogP contribution < -0.4 is 5.32 Å². The van der Waals surface area contributed by atoms with E-state index in [9.17, 15) is 0 Å². The van der Waals surface area contributed by atoms with Gasteiger partial charge in [-0.2, -0.15) is 0 Å². The molecule has 1 aliphatic carbocycles. The Kier molecular flexibility index (Phi) is 5.32. The second-order valence-corrected chi connectivity index (χ2v) is 6.92. The van der Waals surface area contributed by atoms with Crippen molar-refractivity contribution in [3.63, 3.8) is 0 Å². The van der Waals surface area contributed by atoms with Crippen LogP contribution in [0.2, 0.25) is 0 Å². The molecule has 1 saturated heterocycles. The molecule has 0 bridgehead atoms. The first kappa shape index (κ1) is 15.1. The number of rotatable bonds is 5. The van der Waals surface area contributed by atoms with Gasteiger partial charge in [0, 0.05) is 6.54 Å². The van der Waals surface area contributed by atoms with E-state index in [1.807, 2.05) is 0 Å². The van der Waals surface area contributed by atoms with Crippen LogP contribution in [0.25, 0.3) is 0 Å². The minimum Gasteiger partial charge on any atom is -0.320 e. The number of nitrogens with one attached hydrogen (secondary N) is 1. The van der Waals surface area contributed by atoms with Gasteiger partial charge in [-0.1, -0.05) is 24.3 Å². The van der Waals surface area contributed by atoms with E-state index >= 15 is 0 Å². The van der Waals surface area contributed by atoms with Crippen molar-refractivity contribution in [3.8, 4) is 0 Å². The predicted molar refractivity (Wildman–Crippen MR) is 89.8 cm³/mol. The highest BCUT2D eigenvalue weighted by molar-refractivity contribution is 5.32. The monoisotopic (exact) mass is 286 g/mol. The fourth-order valence-corrected chi connectivity index (χ4v) is 4.16. The maximum atomic E-state index is 3.29. The summed E-state index contributed by atoms with van der Waals surface area (Å²) in [5.74, 6) is 1.73. The summed E-state index contributed by atoms with van der Waals surface area (Å²) in [7, 11) is 2.07. The number of piperidine rings is 1. The Balaban J connectivity index is 1.52. The summed E-state index contributed by atoms with van der Waals surface area (Å²) >= 11 is 0. The van der Waals surface area contributed by atoms with Gasteiger partial charge < -0.3 is 10.2 Å². The van der Waals surface area contributed by atoms with Gasteiger partial charge in [0.05, 0.1) is 0 Å². The molecule has 1 aliphatic heterocycles. The smallest absolute Gasteiger partial charge is 0.00504 e. The van der Waals surface area contributed by atoms with E-state index in [0.29, 0.717) is 0 Å². The van der Waals surface area contributed by atoms with Crippen LogP contribution in [0.3, 0.4) is 0 Å². The van der Waals surface area contributed by atoms with Crippen LogP contribution in [0.4, 0.5) is 0 Å². The second kappa shape index (κ2) is 7.42. The van der Waals surface area contributed by atoms with Gasteiger partial charge in [-0.3, -0.25) is 0 Å². The predicted octanol–water partition coefficient (Wildman–Crippen LogP) is 3.43. The van der Waals surface area contributed by atoms with Crippen molar-refractivity contribution in [1.82, 2.24) is 10.2 Å². The minimum absolute atomic E-state index is 0.781. The molecule has 21 heavy (non-hydrogen) atoms. The third-order valence-electron chi connectivity index (χ3n) is 5.48. The molecular weight excluding hydrogens is 256 g/mol. The highest BCUT2D eigenvalue weighted by Crippen LogP contribution is 2.33. The van der Waals surface area contributed by atoms with Crippen molar-refractivity contribution < 1.29 is 0 Å². The van der Waals surface area contributed by atoms with Crippen LogP contribution in [-0.4, -0.2) is 38.1 Å². The summed E-state index contributed by atoms with van der Waals surface area (Å²) in [6.07, 6.45) is 8.21. The normalized spacial score (nSPS) is 24.0. The number of likely N-dealkylation sites (tertiary alicyclic amines) is 1. The molecule has 1 aromatic rings. The van der Waals surface area contributed by atoms with Crippen molar-refractivity contribution in [1.29, 1.82) is 0 Å². The molecule has 2 heteroatoms. The number of benzene rings is 1. The Labute approximate surface area is 129 Å². The fourth-order valence-electron chi connectivity index (χ4n) is 4.16. The quantitative estimate of drug-likeness (QED) is 0.892. The molecule has 0 spiro atoms. The van der Waals surface area contributed by atoms with Gasteiger partial charge >= 0.3 is 0 Å². The summed E-state index contributed by atoms with van der Waals surface area (Å²) < 4.78 is 0. The van der Waals surface area contributed by atoms with E-state index in [0.717, 1.165) is 11.8 Å². The summed E-state index contributed by atoms with van der Waals surface area (Å²) in [4.78, 5) is 2.72. The summed E-state index contributed by atoms with van der Waals surface area (Å²) in [6.45, 7) is 5.09. The molecule has 3 rings (SSSR count). The minimum atomic E-state index is 0.781. The second-order valence-electron chi connectivity index (χ2n) is 6.92. The first-order valence-corrected chi connectivity index (χ1v) is 8.81. The lowest BCUT2D eigenvalue weighted by Gasteiger charge is -2.36. The van der Waals surface area contributed by atoms with Crippen molar-refractivity contribution in [2.45, 2.75) is 44.4 Å². The van der Waals surface area contributed by atoms with Crippen LogP contribution in [0.15, 0.2) is 24.3 Å². The first-order valence-electron chi connectivity index (χ1n) is 8.81. The maximum absolute atomic E-state index is 3.29. The van der Waals surface area contributed by atoms with Crippen LogP contribution in [0.5, 0.6) is 0 Å². The molecule has 116 valence electrons. The van der Waals surface area contributed by atoms with E-state index in [2.05, 4.69) is 41.5 Å². The van der Waals surface area contributed by atoms with Gasteiger partial charge in [-0.25, -0.2) is 0 Å². The molecule has 1 atom stereocenters. The molecule has 1 N–H and O–H groups in total. The average Bonchev–Trinajstić information content (AvgIpc) is 2.55. The zero-order valence-electron chi connectivity index (χ0n) is 13.5. The Morgan fingerprint density at radius 1 is 1.14 bits per heavy atom. The number of aryl methyl sites for hydroxylation is 1. The molecule has 0 amide bonds. The highest BCUT2D eigenvalue weighted by Gasteiger charge is 2.25. The molecule has 0 radical (unpaired) electrons. The summed E-state index contributed by atoms with van der Waals surface area (Å²) in [6, 6.07) is 9.14. The van der Waals surface area contributed by atoms with Crippen LogP contribution in [-0.2, 0) is 6.42 Å². The lowest BCUT2D eigenvalue weighted by molar-refractivity contribution is 0.166. The Morgan fingerprint density at radius 3 is 2.76 bits per heavy atom. The average molecular weight is 286 g/mol. The Morgan fingerprint density at radius 2 is 1.95 bits per heavy atom. The van der Waals surface area contributed by atoms with E-state index in [4.69, 9.17) is 0 Å². The van der Waals surface area contributed by atoms with E-state index in [1.54, 1.807) is 11.1 Å².